The van der Waals surface area contributed by atoms with Gasteiger partial charge in [-0.3, -0.25) is 0 Å². The van der Waals surface area contributed by atoms with Gasteiger partial charge in [-0.25, -0.2) is 4.79 Å². The van der Waals surface area contributed by atoms with Crippen molar-refractivity contribution < 1.29 is 15.0 Å². The Morgan fingerprint density at radius 3 is 2.57 bits per heavy atom. The van der Waals surface area contributed by atoms with Gasteiger partial charge in [-0.15, -0.1) is 0 Å². The van der Waals surface area contributed by atoms with Crippen molar-refractivity contribution in [3.05, 3.63) is 34.5 Å². The highest BCUT2D eigenvalue weighted by Crippen LogP contribution is 2.31. The Balaban J connectivity index is 2.80. The lowest BCUT2D eigenvalue weighted by Gasteiger charge is -2.09. The molecular formula is C17H23NO3. The Morgan fingerprint density at radius 1 is 1.29 bits per heavy atom. The summed E-state index contributed by atoms with van der Waals surface area (Å²) in [7, 11) is 0. The van der Waals surface area contributed by atoms with Gasteiger partial charge in [0.05, 0.1) is 17.7 Å². The Bertz CT molecular complexity index is 670. The van der Waals surface area contributed by atoms with E-state index in [1.807, 2.05) is 30.5 Å². The average Bonchev–Trinajstić information content (AvgIpc) is 2.69. The van der Waals surface area contributed by atoms with E-state index in [0.29, 0.717) is 12.1 Å². The number of rotatable bonds is 6. The average molecular weight is 289 g/mol. The van der Waals surface area contributed by atoms with E-state index in [4.69, 9.17) is 0 Å². The molecule has 0 bridgehead atoms. The highest BCUT2D eigenvalue weighted by atomic mass is 16.4. The molecule has 0 saturated carbocycles. The maximum absolute atomic E-state index is 11.7. The molecule has 0 atom stereocenters. The van der Waals surface area contributed by atoms with Gasteiger partial charge in [0.15, 0.2) is 0 Å². The fraction of sp³-hybridized carbons (Fsp3) is 0.471. The van der Waals surface area contributed by atoms with Crippen LogP contribution in [0.25, 0.3) is 10.9 Å². The van der Waals surface area contributed by atoms with Crippen molar-refractivity contribution in [2.45, 2.75) is 46.6 Å². The normalized spacial score (nSPS) is 11.2. The second-order valence-corrected chi connectivity index (χ2v) is 5.50. The van der Waals surface area contributed by atoms with Crippen molar-refractivity contribution in [2.24, 2.45) is 0 Å². The molecule has 2 aromatic rings. The zero-order chi connectivity index (χ0) is 15.6. The summed E-state index contributed by atoms with van der Waals surface area (Å²) in [5, 5.41) is 19.9. The number of hydrogen-bond acceptors (Lipinski definition) is 2. The quantitative estimate of drug-likeness (QED) is 0.857. The van der Waals surface area contributed by atoms with Crippen molar-refractivity contribution in [3.63, 3.8) is 0 Å². The van der Waals surface area contributed by atoms with Gasteiger partial charge in [0.2, 0.25) is 0 Å². The molecule has 0 aliphatic rings. The van der Waals surface area contributed by atoms with E-state index >= 15 is 0 Å². The molecule has 1 aromatic heterocycles. The molecule has 1 aromatic carbocycles. The largest absolute Gasteiger partial charge is 0.478 e. The lowest BCUT2D eigenvalue weighted by molar-refractivity contribution is 0.0697. The van der Waals surface area contributed by atoms with Crippen LogP contribution in [0.2, 0.25) is 0 Å². The van der Waals surface area contributed by atoms with Gasteiger partial charge < -0.3 is 14.8 Å². The minimum absolute atomic E-state index is 0.00480. The number of aliphatic hydroxyl groups is 1. The number of carboxylic acids is 1. The van der Waals surface area contributed by atoms with Gasteiger partial charge >= 0.3 is 5.97 Å². The highest BCUT2D eigenvalue weighted by Gasteiger charge is 2.21. The Hall–Kier alpha value is -1.81. The second kappa shape index (κ2) is 6.31. The minimum atomic E-state index is -0.906. The Labute approximate surface area is 125 Å². The van der Waals surface area contributed by atoms with Crippen LogP contribution < -0.4 is 0 Å². The minimum Gasteiger partial charge on any atom is -0.478 e. The summed E-state index contributed by atoms with van der Waals surface area (Å²) in [5.74, 6) is -0.906. The lowest BCUT2D eigenvalue weighted by atomic mass is 10.0. The Morgan fingerprint density at radius 2 is 2.00 bits per heavy atom. The summed E-state index contributed by atoms with van der Waals surface area (Å²) in [6.45, 7) is 6.42. The van der Waals surface area contributed by atoms with Crippen molar-refractivity contribution in [2.75, 3.05) is 6.61 Å². The van der Waals surface area contributed by atoms with E-state index in [1.54, 1.807) is 0 Å². The number of nitrogens with zero attached hydrogens (tertiary/aromatic N) is 1. The van der Waals surface area contributed by atoms with Gasteiger partial charge in [-0.05, 0) is 37.8 Å². The first-order valence-electron chi connectivity index (χ1n) is 7.48. The topological polar surface area (TPSA) is 62.5 Å². The molecule has 0 aliphatic carbocycles. The number of aromatic nitrogens is 1. The fourth-order valence-corrected chi connectivity index (χ4v) is 3.06. The van der Waals surface area contributed by atoms with Crippen LogP contribution in [0, 0.1) is 13.8 Å². The van der Waals surface area contributed by atoms with E-state index in [1.165, 1.54) is 5.56 Å². The first kappa shape index (κ1) is 15.6. The van der Waals surface area contributed by atoms with Crippen molar-refractivity contribution >= 4 is 16.9 Å². The zero-order valence-electron chi connectivity index (χ0n) is 12.9. The second-order valence-electron chi connectivity index (χ2n) is 5.50. The SMILES string of the molecule is CCCCc1c(C)n(CCO)c2c(C(=O)O)c(C)ccc12. The number of carboxylic acid groups (broad SMARTS) is 1. The van der Waals surface area contributed by atoms with E-state index in [9.17, 15) is 15.0 Å². The third-order valence-corrected chi connectivity index (χ3v) is 4.14. The zero-order valence-corrected chi connectivity index (χ0v) is 12.9. The van der Waals surface area contributed by atoms with Crippen LogP contribution in [0.5, 0.6) is 0 Å². The van der Waals surface area contributed by atoms with Gasteiger partial charge in [-0.1, -0.05) is 25.5 Å². The van der Waals surface area contributed by atoms with E-state index in [-0.39, 0.29) is 6.61 Å². The molecule has 0 radical (unpaired) electrons. The highest BCUT2D eigenvalue weighted by molar-refractivity contribution is 6.05. The smallest absolute Gasteiger partial charge is 0.338 e. The molecular weight excluding hydrogens is 266 g/mol. The standard InChI is InChI=1S/C17H23NO3/c1-4-5-6-13-12(3)18(9-10-19)16-14(13)8-7-11(2)15(16)17(20)21/h7-8,19H,4-6,9-10H2,1-3H3,(H,20,21). The number of aliphatic hydroxyl groups excluding tert-OH is 1. The molecule has 0 spiro atoms. The summed E-state index contributed by atoms with van der Waals surface area (Å²) in [6.07, 6.45) is 3.12. The van der Waals surface area contributed by atoms with Gasteiger partial charge in [0.25, 0.3) is 0 Å². The predicted molar refractivity (Wildman–Crippen MR) is 84.1 cm³/mol. The van der Waals surface area contributed by atoms with Crippen molar-refractivity contribution in [1.82, 2.24) is 4.57 Å². The third-order valence-electron chi connectivity index (χ3n) is 4.14. The van der Waals surface area contributed by atoms with Crippen LogP contribution in [0.1, 0.15) is 46.9 Å². The van der Waals surface area contributed by atoms with Crippen molar-refractivity contribution in [1.29, 1.82) is 0 Å². The number of unbranched alkanes of at least 4 members (excludes halogenated alkanes) is 1. The molecule has 2 rings (SSSR count). The number of hydrogen-bond donors (Lipinski definition) is 2. The third kappa shape index (κ3) is 2.68. The number of fused-ring (bicyclic) bond motifs is 1. The van der Waals surface area contributed by atoms with Crippen LogP contribution in [0.4, 0.5) is 0 Å². The summed E-state index contributed by atoms with van der Waals surface area (Å²) in [5.41, 5.74) is 4.14. The van der Waals surface area contributed by atoms with Crippen LogP contribution in [0.3, 0.4) is 0 Å². The number of aryl methyl sites for hydroxylation is 2. The van der Waals surface area contributed by atoms with E-state index < -0.39 is 5.97 Å². The molecule has 4 heteroatoms. The molecule has 2 N–H and O–H groups in total. The van der Waals surface area contributed by atoms with Crippen LogP contribution >= 0.6 is 0 Å². The number of aromatic carboxylic acids is 1. The van der Waals surface area contributed by atoms with Crippen LogP contribution in [0.15, 0.2) is 12.1 Å². The molecule has 0 unspecified atom stereocenters. The molecule has 1 heterocycles. The van der Waals surface area contributed by atoms with Gasteiger partial charge in [0.1, 0.15) is 0 Å². The molecule has 0 fully saturated rings. The maximum Gasteiger partial charge on any atom is 0.338 e. The van der Waals surface area contributed by atoms with Crippen LogP contribution in [-0.4, -0.2) is 27.4 Å². The number of benzene rings is 1. The molecule has 0 aliphatic heterocycles. The summed E-state index contributed by atoms with van der Waals surface area (Å²) in [4.78, 5) is 11.7. The Kier molecular flexibility index (Phi) is 4.68. The summed E-state index contributed by atoms with van der Waals surface area (Å²) in [6, 6.07) is 3.90. The van der Waals surface area contributed by atoms with Crippen LogP contribution in [-0.2, 0) is 13.0 Å². The first-order valence-corrected chi connectivity index (χ1v) is 7.48. The molecule has 114 valence electrons. The fourth-order valence-electron chi connectivity index (χ4n) is 3.06. The van der Waals surface area contributed by atoms with Gasteiger partial charge in [-0.2, -0.15) is 0 Å². The molecule has 4 nitrogen and oxygen atoms in total. The lowest BCUT2D eigenvalue weighted by Crippen LogP contribution is -2.09. The van der Waals surface area contributed by atoms with E-state index in [0.717, 1.165) is 41.4 Å². The monoisotopic (exact) mass is 289 g/mol. The molecule has 0 amide bonds. The number of carbonyl (C=O) groups is 1. The predicted octanol–water partition coefficient (Wildman–Crippen LogP) is 3.29. The van der Waals surface area contributed by atoms with E-state index in [2.05, 4.69) is 6.92 Å². The summed E-state index contributed by atoms with van der Waals surface area (Å²) >= 11 is 0. The first-order chi connectivity index (χ1) is 10.0. The van der Waals surface area contributed by atoms with Gasteiger partial charge in [0, 0.05) is 17.6 Å². The molecule has 0 saturated heterocycles. The molecule has 21 heavy (non-hydrogen) atoms. The maximum atomic E-state index is 11.7. The van der Waals surface area contributed by atoms with Crippen molar-refractivity contribution in [3.8, 4) is 0 Å². The summed E-state index contributed by atoms with van der Waals surface area (Å²) < 4.78 is 1.96.